The number of nitrogens with one attached hydrogen (secondary N) is 1. The Bertz CT molecular complexity index is 586. The number of nitrogens with zero attached hydrogens (tertiary/aromatic N) is 2. The Morgan fingerprint density at radius 3 is 2.73 bits per heavy atom. The van der Waals surface area contributed by atoms with Gasteiger partial charge in [0, 0.05) is 19.1 Å². The Labute approximate surface area is 129 Å². The lowest BCUT2D eigenvalue weighted by Gasteiger charge is -2.41. The molecule has 0 spiro atoms. The maximum atomic E-state index is 13.2. The van der Waals surface area contributed by atoms with Crippen LogP contribution in [-0.2, 0) is 4.74 Å². The molecule has 1 aliphatic heterocycles. The summed E-state index contributed by atoms with van der Waals surface area (Å²) in [6.45, 7) is 6.40. The zero-order valence-corrected chi connectivity index (χ0v) is 13.0. The van der Waals surface area contributed by atoms with Crippen LogP contribution < -0.4 is 5.32 Å². The first-order chi connectivity index (χ1) is 10.3. The van der Waals surface area contributed by atoms with E-state index >= 15 is 0 Å². The van der Waals surface area contributed by atoms with Gasteiger partial charge in [0.1, 0.15) is 17.5 Å². The van der Waals surface area contributed by atoms with E-state index in [2.05, 4.69) is 11.4 Å². The second kappa shape index (κ2) is 6.32. The fourth-order valence-corrected chi connectivity index (χ4v) is 2.19. The lowest BCUT2D eigenvalue weighted by atomic mass is 10.0. The van der Waals surface area contributed by atoms with Gasteiger partial charge < -0.3 is 9.64 Å². The van der Waals surface area contributed by atoms with Crippen LogP contribution in [0.25, 0.3) is 0 Å². The molecule has 2 rings (SSSR count). The van der Waals surface area contributed by atoms with Gasteiger partial charge in [-0.15, -0.1) is 0 Å². The molecule has 118 valence electrons. The molecule has 1 N–H and O–H groups in total. The maximum absolute atomic E-state index is 13.2. The maximum Gasteiger partial charge on any atom is 0.410 e. The van der Waals surface area contributed by atoms with Crippen molar-refractivity contribution in [1.29, 1.82) is 5.26 Å². The largest absolute Gasteiger partial charge is 0.444 e. The molecule has 0 aliphatic carbocycles. The number of nitriles is 1. The second-order valence-corrected chi connectivity index (χ2v) is 6.37. The van der Waals surface area contributed by atoms with E-state index in [1.54, 1.807) is 17.0 Å². The molecule has 0 aromatic heterocycles. The van der Waals surface area contributed by atoms with Gasteiger partial charge in [-0.2, -0.15) is 5.26 Å². The summed E-state index contributed by atoms with van der Waals surface area (Å²) >= 11 is 0. The van der Waals surface area contributed by atoms with Crippen molar-refractivity contribution < 1.29 is 13.9 Å². The highest BCUT2D eigenvalue weighted by Crippen LogP contribution is 2.19. The third kappa shape index (κ3) is 4.18. The summed E-state index contributed by atoms with van der Waals surface area (Å²) in [4.78, 5) is 13.4. The van der Waals surface area contributed by atoms with Crippen molar-refractivity contribution in [3.05, 3.63) is 35.6 Å². The molecule has 1 amide bonds. The minimum Gasteiger partial charge on any atom is -0.444 e. The molecular formula is C16H20FN3O2. The first-order valence-corrected chi connectivity index (χ1v) is 7.17. The van der Waals surface area contributed by atoms with Crippen molar-refractivity contribution in [3.63, 3.8) is 0 Å². The van der Waals surface area contributed by atoms with Gasteiger partial charge in [-0.3, -0.25) is 5.32 Å². The lowest BCUT2D eigenvalue weighted by Crippen LogP contribution is -2.60. The minimum absolute atomic E-state index is 0.000403. The highest BCUT2D eigenvalue weighted by molar-refractivity contribution is 5.69. The van der Waals surface area contributed by atoms with Crippen molar-refractivity contribution in [2.45, 2.75) is 38.5 Å². The van der Waals surface area contributed by atoms with E-state index in [1.165, 1.54) is 12.1 Å². The Kier molecular flexibility index (Phi) is 4.67. The SMILES string of the molecule is CC(C)(C)OC(=O)N1CC(NC(C#N)c2cccc(F)c2)C1. The topological polar surface area (TPSA) is 65.4 Å². The normalized spacial score (nSPS) is 16.6. The van der Waals surface area contributed by atoms with E-state index < -0.39 is 11.6 Å². The van der Waals surface area contributed by atoms with Gasteiger partial charge >= 0.3 is 6.09 Å². The highest BCUT2D eigenvalue weighted by atomic mass is 19.1. The summed E-state index contributed by atoms with van der Waals surface area (Å²) in [5.74, 6) is -0.372. The Balaban J connectivity index is 1.86. The third-order valence-electron chi connectivity index (χ3n) is 3.25. The van der Waals surface area contributed by atoms with Crippen molar-refractivity contribution in [3.8, 4) is 6.07 Å². The van der Waals surface area contributed by atoms with Gasteiger partial charge in [0.15, 0.2) is 0 Å². The van der Waals surface area contributed by atoms with Crippen molar-refractivity contribution in [1.82, 2.24) is 10.2 Å². The molecule has 0 radical (unpaired) electrons. The average molecular weight is 305 g/mol. The summed E-state index contributed by atoms with van der Waals surface area (Å²) < 4.78 is 18.5. The molecular weight excluding hydrogens is 285 g/mol. The quantitative estimate of drug-likeness (QED) is 0.932. The zero-order chi connectivity index (χ0) is 16.3. The van der Waals surface area contributed by atoms with Crippen LogP contribution in [-0.4, -0.2) is 35.7 Å². The number of hydrogen-bond donors (Lipinski definition) is 1. The van der Waals surface area contributed by atoms with Gasteiger partial charge in [-0.1, -0.05) is 12.1 Å². The van der Waals surface area contributed by atoms with E-state index in [1.807, 2.05) is 20.8 Å². The van der Waals surface area contributed by atoms with Crippen LogP contribution in [0.15, 0.2) is 24.3 Å². The number of halogens is 1. The Morgan fingerprint density at radius 2 is 2.18 bits per heavy atom. The van der Waals surface area contributed by atoms with Gasteiger partial charge in [0.2, 0.25) is 0 Å². The Hall–Kier alpha value is -2.13. The number of carbonyl (C=O) groups excluding carboxylic acids is 1. The van der Waals surface area contributed by atoms with Gasteiger partial charge in [0.25, 0.3) is 0 Å². The molecule has 1 aliphatic rings. The molecule has 22 heavy (non-hydrogen) atoms. The molecule has 1 aromatic carbocycles. The Morgan fingerprint density at radius 1 is 1.50 bits per heavy atom. The fourth-order valence-electron chi connectivity index (χ4n) is 2.19. The van der Waals surface area contributed by atoms with Crippen LogP contribution in [0, 0.1) is 17.1 Å². The van der Waals surface area contributed by atoms with Crippen LogP contribution in [0.5, 0.6) is 0 Å². The molecule has 1 unspecified atom stereocenters. The summed E-state index contributed by atoms with van der Waals surface area (Å²) in [5, 5.41) is 12.3. The van der Waals surface area contributed by atoms with Crippen LogP contribution in [0.2, 0.25) is 0 Å². The molecule has 1 saturated heterocycles. The second-order valence-electron chi connectivity index (χ2n) is 6.37. The molecule has 6 heteroatoms. The first kappa shape index (κ1) is 16.2. The molecule has 1 atom stereocenters. The van der Waals surface area contributed by atoms with E-state index in [4.69, 9.17) is 4.74 Å². The standard InChI is InChI=1S/C16H20FN3O2/c1-16(2,3)22-15(21)20-9-13(10-20)19-14(8-18)11-5-4-6-12(17)7-11/h4-7,13-14,19H,9-10H2,1-3H3. The van der Waals surface area contributed by atoms with Crippen LogP contribution in [0.3, 0.4) is 0 Å². The fraction of sp³-hybridized carbons (Fsp3) is 0.500. The van der Waals surface area contributed by atoms with Crippen LogP contribution in [0.1, 0.15) is 32.4 Å². The highest BCUT2D eigenvalue weighted by Gasteiger charge is 2.34. The molecule has 1 fully saturated rings. The summed E-state index contributed by atoms with van der Waals surface area (Å²) in [6, 6.07) is 7.47. The monoisotopic (exact) mass is 305 g/mol. The smallest absolute Gasteiger partial charge is 0.410 e. The van der Waals surface area contributed by atoms with Gasteiger partial charge in [-0.05, 0) is 38.5 Å². The molecule has 1 heterocycles. The van der Waals surface area contributed by atoms with E-state index in [9.17, 15) is 14.4 Å². The lowest BCUT2D eigenvalue weighted by molar-refractivity contribution is 0.00475. The van der Waals surface area contributed by atoms with Crippen molar-refractivity contribution >= 4 is 6.09 Å². The molecule has 0 saturated carbocycles. The number of ether oxygens (including phenoxy) is 1. The summed E-state index contributed by atoms with van der Waals surface area (Å²) in [6.07, 6.45) is -0.357. The number of likely N-dealkylation sites (tertiary alicyclic amines) is 1. The van der Waals surface area contributed by atoms with Crippen LogP contribution >= 0.6 is 0 Å². The molecule has 0 bridgehead atoms. The summed E-state index contributed by atoms with van der Waals surface area (Å²) in [5.41, 5.74) is 0.0602. The predicted octanol–water partition coefficient (Wildman–Crippen LogP) is 2.60. The van der Waals surface area contributed by atoms with E-state index in [0.29, 0.717) is 18.7 Å². The van der Waals surface area contributed by atoms with E-state index in [0.717, 1.165) is 0 Å². The van der Waals surface area contributed by atoms with Gasteiger partial charge in [-0.25, -0.2) is 9.18 Å². The minimum atomic E-state index is -0.596. The number of hydrogen-bond acceptors (Lipinski definition) is 4. The molecule has 5 nitrogen and oxygen atoms in total. The number of rotatable bonds is 3. The predicted molar refractivity (Wildman–Crippen MR) is 79.5 cm³/mol. The first-order valence-electron chi connectivity index (χ1n) is 7.17. The molecule has 1 aromatic rings. The van der Waals surface area contributed by atoms with Crippen LogP contribution in [0.4, 0.5) is 9.18 Å². The number of benzene rings is 1. The van der Waals surface area contributed by atoms with Crippen molar-refractivity contribution in [2.75, 3.05) is 13.1 Å². The zero-order valence-electron chi connectivity index (χ0n) is 13.0. The third-order valence-corrected chi connectivity index (χ3v) is 3.25. The average Bonchev–Trinajstić information content (AvgIpc) is 2.35. The number of amides is 1. The summed E-state index contributed by atoms with van der Waals surface area (Å²) in [7, 11) is 0. The van der Waals surface area contributed by atoms with Gasteiger partial charge in [0.05, 0.1) is 6.07 Å². The van der Waals surface area contributed by atoms with E-state index in [-0.39, 0.29) is 18.0 Å². The number of carbonyl (C=O) groups is 1. The van der Waals surface area contributed by atoms with Crippen molar-refractivity contribution in [2.24, 2.45) is 0 Å².